The van der Waals surface area contributed by atoms with Crippen molar-refractivity contribution in [3.8, 4) is 0 Å². The monoisotopic (exact) mass is 271 g/mol. The van der Waals surface area contributed by atoms with Crippen molar-refractivity contribution in [1.82, 2.24) is 4.90 Å². The number of Topliss-reactive ketones (excluding diaryl/α,β-unsaturated/α-hetero) is 1. The molecule has 0 amide bonds. The van der Waals surface area contributed by atoms with Crippen molar-refractivity contribution in [2.75, 3.05) is 0 Å². The number of rotatable bonds is 5. The van der Waals surface area contributed by atoms with Crippen LogP contribution in [0.5, 0.6) is 0 Å². The molecular formula is C18H25NO. The van der Waals surface area contributed by atoms with Gasteiger partial charge in [-0.1, -0.05) is 50.1 Å². The van der Waals surface area contributed by atoms with E-state index in [0.29, 0.717) is 11.8 Å². The summed E-state index contributed by atoms with van der Waals surface area (Å²) >= 11 is 0. The fraction of sp³-hybridized carbons (Fsp3) is 0.611. The minimum Gasteiger partial charge on any atom is -0.298 e. The summed E-state index contributed by atoms with van der Waals surface area (Å²) in [4.78, 5) is 14.7. The summed E-state index contributed by atoms with van der Waals surface area (Å²) in [6.45, 7) is 3.21. The van der Waals surface area contributed by atoms with Gasteiger partial charge in [0.15, 0.2) is 0 Å². The molecule has 2 aliphatic heterocycles. The van der Waals surface area contributed by atoms with E-state index in [0.717, 1.165) is 31.7 Å². The summed E-state index contributed by atoms with van der Waals surface area (Å²) in [7, 11) is 0. The van der Waals surface area contributed by atoms with E-state index < -0.39 is 0 Å². The van der Waals surface area contributed by atoms with Gasteiger partial charge in [-0.3, -0.25) is 9.69 Å². The van der Waals surface area contributed by atoms with Crippen LogP contribution in [-0.4, -0.2) is 22.8 Å². The van der Waals surface area contributed by atoms with Crippen LogP contribution in [0.2, 0.25) is 0 Å². The number of nitrogens with zero attached hydrogens (tertiary/aromatic N) is 1. The van der Waals surface area contributed by atoms with E-state index in [9.17, 15) is 4.79 Å². The highest BCUT2D eigenvalue weighted by Gasteiger charge is 2.46. The predicted molar refractivity (Wildman–Crippen MR) is 81.4 cm³/mol. The van der Waals surface area contributed by atoms with Gasteiger partial charge in [-0.15, -0.1) is 0 Å². The molecule has 0 aliphatic carbocycles. The molecule has 3 rings (SSSR count). The van der Waals surface area contributed by atoms with Crippen molar-refractivity contribution in [2.24, 2.45) is 5.92 Å². The highest BCUT2D eigenvalue weighted by molar-refractivity contribution is 5.85. The number of carbonyl (C=O) groups excluding carboxylic acids is 1. The second kappa shape index (κ2) is 6.09. The van der Waals surface area contributed by atoms with Gasteiger partial charge in [0.05, 0.1) is 6.04 Å². The van der Waals surface area contributed by atoms with Crippen molar-refractivity contribution in [1.29, 1.82) is 0 Å². The molecule has 0 N–H and O–H groups in total. The molecule has 1 aromatic rings. The molecule has 2 heteroatoms. The third-order valence-corrected chi connectivity index (χ3v) is 5.09. The quantitative estimate of drug-likeness (QED) is 0.812. The predicted octanol–water partition coefficient (Wildman–Crippen LogP) is 3.80. The number of hydrogen-bond donors (Lipinski definition) is 0. The molecular weight excluding hydrogens is 246 g/mol. The highest BCUT2D eigenvalue weighted by atomic mass is 16.1. The van der Waals surface area contributed by atoms with Crippen molar-refractivity contribution in [3.05, 3.63) is 35.9 Å². The zero-order valence-electron chi connectivity index (χ0n) is 12.4. The van der Waals surface area contributed by atoms with Crippen LogP contribution in [-0.2, 0) is 11.3 Å². The number of benzene rings is 1. The van der Waals surface area contributed by atoms with Gasteiger partial charge in [-0.2, -0.15) is 0 Å². The molecule has 0 saturated carbocycles. The number of unbranched alkanes of at least 4 members (excludes halogenated alkanes) is 1. The molecule has 2 fully saturated rings. The van der Waals surface area contributed by atoms with Crippen molar-refractivity contribution < 1.29 is 4.79 Å². The third kappa shape index (κ3) is 2.67. The number of fused-ring (bicyclic) bond motifs is 2. The summed E-state index contributed by atoms with van der Waals surface area (Å²) in [5.41, 5.74) is 1.34. The fourth-order valence-electron chi connectivity index (χ4n) is 4.05. The van der Waals surface area contributed by atoms with Crippen molar-refractivity contribution in [3.63, 3.8) is 0 Å². The van der Waals surface area contributed by atoms with Gasteiger partial charge in [0.2, 0.25) is 0 Å². The van der Waals surface area contributed by atoms with Gasteiger partial charge in [0.1, 0.15) is 5.78 Å². The Balaban J connectivity index is 1.74. The maximum absolute atomic E-state index is 12.2. The normalized spacial score (nSPS) is 29.9. The molecule has 2 bridgehead atoms. The Kier molecular flexibility index (Phi) is 4.21. The average Bonchev–Trinajstić information content (AvgIpc) is 2.72. The Morgan fingerprint density at radius 1 is 1.25 bits per heavy atom. The number of piperidine rings is 1. The molecule has 2 nitrogen and oxygen atoms in total. The lowest BCUT2D eigenvalue weighted by molar-refractivity contribution is -0.126. The van der Waals surface area contributed by atoms with Crippen LogP contribution < -0.4 is 0 Å². The Morgan fingerprint density at radius 2 is 2.05 bits per heavy atom. The molecule has 2 saturated heterocycles. The van der Waals surface area contributed by atoms with Crippen LogP contribution in [0.3, 0.4) is 0 Å². The second-order valence-corrected chi connectivity index (χ2v) is 6.38. The van der Waals surface area contributed by atoms with E-state index in [2.05, 4.69) is 42.2 Å². The Hall–Kier alpha value is -1.15. The molecule has 0 aromatic heterocycles. The maximum atomic E-state index is 12.2. The van der Waals surface area contributed by atoms with Gasteiger partial charge in [-0.25, -0.2) is 0 Å². The largest absolute Gasteiger partial charge is 0.298 e. The van der Waals surface area contributed by atoms with Gasteiger partial charge < -0.3 is 0 Å². The Bertz CT molecular complexity index is 456. The lowest BCUT2D eigenvalue weighted by Crippen LogP contribution is -2.45. The maximum Gasteiger partial charge on any atom is 0.150 e. The minimum atomic E-state index is 0.204. The van der Waals surface area contributed by atoms with E-state index in [1.54, 1.807) is 0 Å². The van der Waals surface area contributed by atoms with E-state index in [-0.39, 0.29) is 6.04 Å². The van der Waals surface area contributed by atoms with Crippen LogP contribution in [0, 0.1) is 5.92 Å². The third-order valence-electron chi connectivity index (χ3n) is 5.09. The van der Waals surface area contributed by atoms with Crippen LogP contribution in [0.4, 0.5) is 0 Å². The van der Waals surface area contributed by atoms with E-state index in [1.165, 1.54) is 24.8 Å². The standard InChI is InChI=1S/C18H25NO/c1-2-3-9-15-12-17-18(20)11-10-16(15)19(17)13-14-7-5-4-6-8-14/h4-8,15-17H,2-3,9-13H2,1H3/t15-,16-,17+/m0/s1. The van der Waals surface area contributed by atoms with Gasteiger partial charge in [-0.05, 0) is 30.7 Å². The number of ketones is 1. The summed E-state index contributed by atoms with van der Waals surface area (Å²) in [5, 5.41) is 0. The molecule has 1 aromatic carbocycles. The average molecular weight is 271 g/mol. The van der Waals surface area contributed by atoms with Crippen LogP contribution in [0.1, 0.15) is 51.0 Å². The minimum absolute atomic E-state index is 0.204. The van der Waals surface area contributed by atoms with Crippen molar-refractivity contribution in [2.45, 2.75) is 64.1 Å². The molecule has 0 radical (unpaired) electrons. The fourth-order valence-corrected chi connectivity index (χ4v) is 4.05. The zero-order valence-corrected chi connectivity index (χ0v) is 12.4. The Labute approximate surface area is 122 Å². The molecule has 0 unspecified atom stereocenters. The first-order chi connectivity index (χ1) is 9.79. The SMILES string of the molecule is CCCC[C@H]1C[C@@H]2C(=O)CC[C@@H]1N2Cc1ccccc1. The van der Waals surface area contributed by atoms with E-state index >= 15 is 0 Å². The Morgan fingerprint density at radius 3 is 2.80 bits per heavy atom. The molecule has 0 spiro atoms. The van der Waals surface area contributed by atoms with Crippen LogP contribution >= 0.6 is 0 Å². The second-order valence-electron chi connectivity index (χ2n) is 6.38. The van der Waals surface area contributed by atoms with Gasteiger partial charge in [0, 0.05) is 19.0 Å². The smallest absolute Gasteiger partial charge is 0.150 e. The first-order valence-electron chi connectivity index (χ1n) is 8.12. The number of carbonyl (C=O) groups is 1. The van der Waals surface area contributed by atoms with E-state index in [1.807, 2.05) is 0 Å². The van der Waals surface area contributed by atoms with Crippen LogP contribution in [0.25, 0.3) is 0 Å². The molecule has 20 heavy (non-hydrogen) atoms. The molecule has 2 aliphatic rings. The van der Waals surface area contributed by atoms with Gasteiger partial charge >= 0.3 is 0 Å². The summed E-state index contributed by atoms with van der Waals surface area (Å²) in [6.07, 6.45) is 6.87. The lowest BCUT2D eigenvalue weighted by atomic mass is 9.92. The van der Waals surface area contributed by atoms with Gasteiger partial charge in [0.25, 0.3) is 0 Å². The number of hydrogen-bond acceptors (Lipinski definition) is 2. The summed E-state index contributed by atoms with van der Waals surface area (Å²) < 4.78 is 0. The van der Waals surface area contributed by atoms with Crippen LogP contribution in [0.15, 0.2) is 30.3 Å². The topological polar surface area (TPSA) is 20.3 Å². The first-order valence-corrected chi connectivity index (χ1v) is 8.12. The van der Waals surface area contributed by atoms with Crippen molar-refractivity contribution >= 4 is 5.78 Å². The first kappa shape index (κ1) is 13.8. The summed E-state index contributed by atoms with van der Waals surface area (Å²) in [6, 6.07) is 11.5. The van der Waals surface area contributed by atoms with E-state index in [4.69, 9.17) is 0 Å². The molecule has 108 valence electrons. The zero-order chi connectivity index (χ0) is 13.9. The molecule has 2 heterocycles. The highest BCUT2D eigenvalue weighted by Crippen LogP contribution is 2.41. The lowest BCUT2D eigenvalue weighted by Gasteiger charge is -2.35. The molecule has 3 atom stereocenters. The summed E-state index contributed by atoms with van der Waals surface area (Å²) in [5.74, 6) is 1.23.